The van der Waals surface area contributed by atoms with Crippen LogP contribution in [0, 0.1) is 0 Å². The molecule has 0 atom stereocenters. The lowest BCUT2D eigenvalue weighted by atomic mass is 10.4. The average molecular weight is 274 g/mol. The number of fused-ring (bicyclic) bond motifs is 1. The summed E-state index contributed by atoms with van der Waals surface area (Å²) in [6.07, 6.45) is 3.56. The number of rotatable bonds is 3. The van der Waals surface area contributed by atoms with E-state index in [0.717, 1.165) is 20.9 Å². The number of anilines is 1. The highest BCUT2D eigenvalue weighted by Crippen LogP contribution is 2.26. The van der Waals surface area contributed by atoms with Crippen LogP contribution in [0.4, 0.5) is 5.82 Å². The maximum atomic E-state index is 5.91. The summed E-state index contributed by atoms with van der Waals surface area (Å²) >= 11 is 3.26. The van der Waals surface area contributed by atoms with Gasteiger partial charge in [0.1, 0.15) is 16.5 Å². The molecule has 0 saturated heterocycles. The van der Waals surface area contributed by atoms with Crippen molar-refractivity contribution < 1.29 is 0 Å². The van der Waals surface area contributed by atoms with Crippen LogP contribution in [0.1, 0.15) is 5.82 Å². The molecule has 4 nitrogen and oxygen atoms in total. The van der Waals surface area contributed by atoms with Gasteiger partial charge in [0.05, 0.1) is 11.1 Å². The largest absolute Gasteiger partial charge is 0.383 e. The highest BCUT2D eigenvalue weighted by Gasteiger charge is 2.06. The molecule has 0 bridgehead atoms. The number of hydrogen-bond acceptors (Lipinski definition) is 6. The lowest BCUT2D eigenvalue weighted by molar-refractivity contribution is 1.08. The lowest BCUT2D eigenvalue weighted by Crippen LogP contribution is -1.98. The van der Waals surface area contributed by atoms with E-state index in [4.69, 9.17) is 5.73 Å². The minimum absolute atomic E-state index is 0.562. The Morgan fingerprint density at radius 2 is 2.00 bits per heavy atom. The van der Waals surface area contributed by atoms with E-state index in [9.17, 15) is 0 Å². The van der Waals surface area contributed by atoms with E-state index in [1.807, 2.05) is 23.6 Å². The Hall–Kier alpha value is -1.66. The van der Waals surface area contributed by atoms with E-state index >= 15 is 0 Å². The minimum atomic E-state index is 0.562. The van der Waals surface area contributed by atoms with Gasteiger partial charge in [-0.1, -0.05) is 0 Å². The van der Waals surface area contributed by atoms with Gasteiger partial charge in [0.2, 0.25) is 0 Å². The van der Waals surface area contributed by atoms with Gasteiger partial charge in [-0.3, -0.25) is 4.98 Å². The van der Waals surface area contributed by atoms with Crippen LogP contribution in [-0.4, -0.2) is 15.0 Å². The van der Waals surface area contributed by atoms with Crippen molar-refractivity contribution >= 4 is 39.1 Å². The van der Waals surface area contributed by atoms with Crippen LogP contribution in [0.5, 0.6) is 0 Å². The van der Waals surface area contributed by atoms with Gasteiger partial charge in [0.25, 0.3) is 0 Å². The Balaban J connectivity index is 1.82. The molecule has 0 aliphatic rings. The summed E-state index contributed by atoms with van der Waals surface area (Å²) in [7, 11) is 0. The third-order valence-electron chi connectivity index (χ3n) is 2.42. The van der Waals surface area contributed by atoms with Crippen molar-refractivity contribution in [2.24, 2.45) is 0 Å². The second-order valence-electron chi connectivity index (χ2n) is 3.64. The SMILES string of the molecule is Nc1nc(CSc2ccncc2)nc2sccc12. The van der Waals surface area contributed by atoms with Gasteiger partial charge >= 0.3 is 0 Å². The Labute approximate surface area is 112 Å². The number of nitrogen functional groups attached to an aromatic ring is 1. The number of pyridine rings is 1. The monoisotopic (exact) mass is 274 g/mol. The lowest BCUT2D eigenvalue weighted by Gasteiger charge is -2.02. The molecule has 3 aromatic rings. The van der Waals surface area contributed by atoms with Crippen molar-refractivity contribution in [1.82, 2.24) is 15.0 Å². The van der Waals surface area contributed by atoms with E-state index in [1.54, 1.807) is 35.5 Å². The molecule has 3 heterocycles. The summed E-state index contributed by atoms with van der Waals surface area (Å²) in [5, 5.41) is 2.92. The average Bonchev–Trinajstić information content (AvgIpc) is 2.86. The summed E-state index contributed by atoms with van der Waals surface area (Å²) in [5.41, 5.74) is 5.91. The van der Waals surface area contributed by atoms with Gasteiger partial charge in [-0.05, 0) is 23.6 Å². The van der Waals surface area contributed by atoms with Crippen LogP contribution in [-0.2, 0) is 5.75 Å². The summed E-state index contributed by atoms with van der Waals surface area (Å²) in [5.74, 6) is 2.04. The van der Waals surface area contributed by atoms with Crippen molar-refractivity contribution in [2.75, 3.05) is 5.73 Å². The highest BCUT2D eigenvalue weighted by atomic mass is 32.2. The molecule has 18 heavy (non-hydrogen) atoms. The van der Waals surface area contributed by atoms with Gasteiger partial charge < -0.3 is 5.73 Å². The summed E-state index contributed by atoms with van der Waals surface area (Å²) in [4.78, 5) is 14.9. The topological polar surface area (TPSA) is 64.7 Å². The first-order valence-corrected chi connectivity index (χ1v) is 7.22. The Bertz CT molecular complexity index is 666. The predicted octanol–water partition coefficient (Wildman–Crippen LogP) is 2.96. The van der Waals surface area contributed by atoms with Gasteiger partial charge in [-0.25, -0.2) is 9.97 Å². The fraction of sp³-hybridized carbons (Fsp3) is 0.0833. The molecule has 90 valence electrons. The fourth-order valence-corrected chi connectivity index (χ4v) is 3.10. The van der Waals surface area contributed by atoms with E-state index in [2.05, 4.69) is 15.0 Å². The van der Waals surface area contributed by atoms with Crippen LogP contribution in [0.2, 0.25) is 0 Å². The molecule has 0 saturated carbocycles. The van der Waals surface area contributed by atoms with E-state index in [0.29, 0.717) is 11.6 Å². The van der Waals surface area contributed by atoms with Crippen LogP contribution in [0.15, 0.2) is 40.9 Å². The minimum Gasteiger partial charge on any atom is -0.383 e. The van der Waals surface area contributed by atoms with Crippen LogP contribution in [0.3, 0.4) is 0 Å². The first kappa shape index (κ1) is 11.4. The second-order valence-corrected chi connectivity index (χ2v) is 5.58. The Kier molecular flexibility index (Phi) is 3.12. The zero-order chi connectivity index (χ0) is 12.4. The number of hydrogen-bond donors (Lipinski definition) is 1. The third-order valence-corrected chi connectivity index (χ3v) is 4.23. The highest BCUT2D eigenvalue weighted by molar-refractivity contribution is 7.98. The summed E-state index contributed by atoms with van der Waals surface area (Å²) in [6.45, 7) is 0. The third kappa shape index (κ3) is 2.30. The van der Waals surface area contributed by atoms with E-state index in [1.165, 1.54) is 0 Å². The van der Waals surface area contributed by atoms with Crippen molar-refractivity contribution in [1.29, 1.82) is 0 Å². The zero-order valence-corrected chi connectivity index (χ0v) is 11.0. The maximum absolute atomic E-state index is 5.91. The molecule has 0 radical (unpaired) electrons. The first-order chi connectivity index (χ1) is 8.83. The van der Waals surface area contributed by atoms with Gasteiger partial charge in [-0.15, -0.1) is 23.1 Å². The molecule has 0 fully saturated rings. The Morgan fingerprint density at radius 3 is 2.83 bits per heavy atom. The summed E-state index contributed by atoms with van der Waals surface area (Å²) in [6, 6.07) is 5.89. The number of aromatic nitrogens is 3. The fourth-order valence-electron chi connectivity index (χ4n) is 1.57. The van der Waals surface area contributed by atoms with Crippen molar-refractivity contribution in [3.8, 4) is 0 Å². The molecule has 0 aromatic carbocycles. The number of nitrogens with zero attached hydrogens (tertiary/aromatic N) is 3. The molecule has 3 rings (SSSR count). The van der Waals surface area contributed by atoms with Crippen molar-refractivity contribution in [3.05, 3.63) is 41.8 Å². The molecule has 0 unspecified atom stereocenters. The normalized spacial score (nSPS) is 10.9. The molecular weight excluding hydrogens is 264 g/mol. The first-order valence-electron chi connectivity index (χ1n) is 5.35. The smallest absolute Gasteiger partial charge is 0.142 e. The molecular formula is C12H10N4S2. The molecule has 3 aromatic heterocycles. The zero-order valence-electron chi connectivity index (χ0n) is 9.41. The molecule has 0 aliphatic heterocycles. The van der Waals surface area contributed by atoms with Crippen molar-refractivity contribution in [2.45, 2.75) is 10.6 Å². The Morgan fingerprint density at radius 1 is 1.17 bits per heavy atom. The van der Waals surface area contributed by atoms with Crippen LogP contribution >= 0.6 is 23.1 Å². The number of thiophene rings is 1. The predicted molar refractivity (Wildman–Crippen MR) is 75.6 cm³/mol. The van der Waals surface area contributed by atoms with Gasteiger partial charge in [0.15, 0.2) is 0 Å². The quantitative estimate of drug-likeness (QED) is 0.744. The van der Waals surface area contributed by atoms with Crippen LogP contribution < -0.4 is 5.73 Å². The second kappa shape index (κ2) is 4.91. The molecule has 2 N–H and O–H groups in total. The summed E-state index contributed by atoms with van der Waals surface area (Å²) < 4.78 is 0. The maximum Gasteiger partial charge on any atom is 0.142 e. The molecule has 6 heteroatoms. The van der Waals surface area contributed by atoms with Gasteiger partial charge in [-0.2, -0.15) is 0 Å². The standard InChI is InChI=1S/C12H10N4S2/c13-11-9-3-6-17-12(9)16-10(15-11)7-18-8-1-4-14-5-2-8/h1-6H,7H2,(H2,13,15,16). The van der Waals surface area contributed by atoms with Gasteiger partial charge in [0, 0.05) is 17.3 Å². The van der Waals surface area contributed by atoms with Crippen LogP contribution in [0.25, 0.3) is 10.2 Å². The van der Waals surface area contributed by atoms with E-state index < -0.39 is 0 Å². The number of nitrogens with two attached hydrogens (primary N) is 1. The van der Waals surface area contributed by atoms with E-state index in [-0.39, 0.29) is 0 Å². The number of thioether (sulfide) groups is 1. The molecule has 0 spiro atoms. The molecule has 0 aliphatic carbocycles. The molecule has 0 amide bonds. The van der Waals surface area contributed by atoms with Crippen molar-refractivity contribution in [3.63, 3.8) is 0 Å².